The molecule has 4 aromatic rings. The summed E-state index contributed by atoms with van der Waals surface area (Å²) in [5.74, 6) is 1.95. The zero-order valence-corrected chi connectivity index (χ0v) is 21.6. The van der Waals surface area contributed by atoms with Crippen molar-refractivity contribution < 1.29 is 9.53 Å². The van der Waals surface area contributed by atoms with E-state index in [0.717, 1.165) is 51.3 Å². The van der Waals surface area contributed by atoms with Crippen molar-refractivity contribution in [3.05, 3.63) is 82.3 Å². The molecule has 36 heavy (non-hydrogen) atoms. The Morgan fingerprint density at radius 3 is 2.64 bits per heavy atom. The number of amides is 2. The second kappa shape index (κ2) is 10.9. The molecule has 1 aliphatic rings. The SMILES string of the molecule is COc1ccc(CNC(=O)N2CCC(c3cc(NCc4cccnc4)n4ncc(Br)c4n3)CC2)cc1. The van der Waals surface area contributed by atoms with Crippen LogP contribution >= 0.6 is 15.9 Å². The lowest BCUT2D eigenvalue weighted by atomic mass is 9.93. The summed E-state index contributed by atoms with van der Waals surface area (Å²) in [6.07, 6.45) is 7.08. The van der Waals surface area contributed by atoms with Crippen molar-refractivity contribution in [1.82, 2.24) is 29.8 Å². The van der Waals surface area contributed by atoms with Gasteiger partial charge in [-0.05, 0) is 58.1 Å². The second-order valence-electron chi connectivity index (χ2n) is 8.78. The van der Waals surface area contributed by atoms with Crippen molar-refractivity contribution in [3.63, 3.8) is 0 Å². The van der Waals surface area contributed by atoms with Gasteiger partial charge in [0.05, 0.1) is 17.8 Å². The fourth-order valence-corrected chi connectivity index (χ4v) is 4.74. The van der Waals surface area contributed by atoms with Crippen LogP contribution in [-0.2, 0) is 13.1 Å². The van der Waals surface area contributed by atoms with Crippen molar-refractivity contribution in [2.24, 2.45) is 0 Å². The summed E-state index contributed by atoms with van der Waals surface area (Å²) in [5, 5.41) is 11.0. The van der Waals surface area contributed by atoms with Gasteiger partial charge in [-0.2, -0.15) is 9.61 Å². The van der Waals surface area contributed by atoms with Crippen LogP contribution in [0.3, 0.4) is 0 Å². The Labute approximate surface area is 218 Å². The Hall–Kier alpha value is -3.66. The van der Waals surface area contributed by atoms with Crippen molar-refractivity contribution in [2.75, 3.05) is 25.5 Å². The maximum absolute atomic E-state index is 12.7. The lowest BCUT2D eigenvalue weighted by molar-refractivity contribution is 0.180. The number of carbonyl (C=O) groups excluding carboxylic acids is 1. The normalized spacial score (nSPS) is 14.1. The predicted octanol–water partition coefficient (Wildman–Crippen LogP) is 4.60. The minimum atomic E-state index is -0.0370. The quantitative estimate of drug-likeness (QED) is 0.349. The summed E-state index contributed by atoms with van der Waals surface area (Å²) in [6.45, 7) is 2.49. The first-order chi connectivity index (χ1) is 17.6. The number of halogens is 1. The van der Waals surface area contributed by atoms with Gasteiger partial charge in [0.15, 0.2) is 5.65 Å². The van der Waals surface area contributed by atoms with E-state index in [2.05, 4.69) is 42.7 Å². The highest BCUT2D eigenvalue weighted by Gasteiger charge is 2.26. The average molecular weight is 550 g/mol. The minimum Gasteiger partial charge on any atom is -0.497 e. The number of hydrogen-bond acceptors (Lipinski definition) is 6. The Morgan fingerprint density at radius 1 is 1.11 bits per heavy atom. The molecule has 5 rings (SSSR count). The van der Waals surface area contributed by atoms with Crippen LogP contribution in [0.2, 0.25) is 0 Å². The van der Waals surface area contributed by atoms with Gasteiger partial charge >= 0.3 is 6.03 Å². The van der Waals surface area contributed by atoms with Crippen molar-refractivity contribution in [1.29, 1.82) is 0 Å². The molecule has 0 saturated carbocycles. The Bertz CT molecular complexity index is 1320. The van der Waals surface area contributed by atoms with Gasteiger partial charge in [-0.3, -0.25) is 4.98 Å². The van der Waals surface area contributed by atoms with Gasteiger partial charge in [0.1, 0.15) is 11.6 Å². The lowest BCUT2D eigenvalue weighted by Crippen LogP contribution is -2.43. The molecule has 1 aromatic carbocycles. The van der Waals surface area contributed by atoms with Crippen LogP contribution in [0.15, 0.2) is 65.5 Å². The number of carbonyl (C=O) groups is 1. The molecule has 1 saturated heterocycles. The number of piperidine rings is 1. The van der Waals surface area contributed by atoms with Crippen LogP contribution in [0.4, 0.5) is 10.6 Å². The first kappa shape index (κ1) is 24.1. The predicted molar refractivity (Wildman–Crippen MR) is 141 cm³/mol. The summed E-state index contributed by atoms with van der Waals surface area (Å²) in [4.78, 5) is 23.7. The number of anilines is 1. The zero-order valence-electron chi connectivity index (χ0n) is 20.0. The third kappa shape index (κ3) is 5.43. The van der Waals surface area contributed by atoms with Crippen LogP contribution < -0.4 is 15.4 Å². The third-order valence-corrected chi connectivity index (χ3v) is 7.01. The van der Waals surface area contributed by atoms with Crippen LogP contribution in [0.5, 0.6) is 5.75 Å². The first-order valence-electron chi connectivity index (χ1n) is 11.9. The smallest absolute Gasteiger partial charge is 0.317 e. The van der Waals surface area contributed by atoms with Gasteiger partial charge in [0.25, 0.3) is 0 Å². The second-order valence-corrected chi connectivity index (χ2v) is 9.63. The molecule has 0 bridgehead atoms. The van der Waals surface area contributed by atoms with E-state index in [0.29, 0.717) is 26.2 Å². The molecule has 0 atom stereocenters. The number of likely N-dealkylation sites (tertiary alicyclic amines) is 1. The molecular weight excluding hydrogens is 522 g/mol. The van der Waals surface area contributed by atoms with Gasteiger partial charge in [-0.15, -0.1) is 0 Å². The molecule has 10 heteroatoms. The number of nitrogens with one attached hydrogen (secondary N) is 2. The first-order valence-corrected chi connectivity index (χ1v) is 12.7. The molecular formula is C26H28BrN7O2. The largest absolute Gasteiger partial charge is 0.497 e. The van der Waals surface area contributed by atoms with Gasteiger partial charge < -0.3 is 20.3 Å². The molecule has 9 nitrogen and oxygen atoms in total. The number of fused-ring (bicyclic) bond motifs is 1. The lowest BCUT2D eigenvalue weighted by Gasteiger charge is -2.32. The molecule has 2 amide bonds. The summed E-state index contributed by atoms with van der Waals surface area (Å²) < 4.78 is 7.85. The maximum atomic E-state index is 12.7. The summed E-state index contributed by atoms with van der Waals surface area (Å²) in [7, 11) is 1.64. The zero-order chi connectivity index (χ0) is 24.9. The Kier molecular flexibility index (Phi) is 7.31. The van der Waals surface area contributed by atoms with E-state index in [-0.39, 0.29) is 11.9 Å². The summed E-state index contributed by atoms with van der Waals surface area (Å²) >= 11 is 3.58. The highest BCUT2D eigenvalue weighted by Crippen LogP contribution is 2.30. The number of aromatic nitrogens is 4. The highest BCUT2D eigenvalue weighted by molar-refractivity contribution is 9.10. The van der Waals surface area contributed by atoms with Crippen molar-refractivity contribution >= 4 is 33.4 Å². The number of ether oxygens (including phenoxy) is 1. The minimum absolute atomic E-state index is 0.0370. The van der Waals surface area contributed by atoms with E-state index in [9.17, 15) is 4.79 Å². The van der Waals surface area contributed by atoms with Crippen LogP contribution in [0.25, 0.3) is 5.65 Å². The molecule has 1 fully saturated rings. The molecule has 3 aromatic heterocycles. The van der Waals surface area contributed by atoms with Crippen LogP contribution in [0, 0.1) is 0 Å². The van der Waals surface area contributed by atoms with E-state index < -0.39 is 0 Å². The number of hydrogen-bond donors (Lipinski definition) is 2. The average Bonchev–Trinajstić information content (AvgIpc) is 3.32. The van der Waals surface area contributed by atoms with Gasteiger partial charge in [0, 0.05) is 56.3 Å². The number of urea groups is 1. The third-order valence-electron chi connectivity index (χ3n) is 6.45. The molecule has 1 aliphatic heterocycles. The number of benzene rings is 1. The summed E-state index contributed by atoms with van der Waals surface area (Å²) in [5.41, 5.74) is 3.91. The Balaban J connectivity index is 1.22. The van der Waals surface area contributed by atoms with E-state index in [1.54, 1.807) is 19.5 Å². The van der Waals surface area contributed by atoms with E-state index in [1.807, 2.05) is 52.0 Å². The van der Waals surface area contributed by atoms with E-state index >= 15 is 0 Å². The Morgan fingerprint density at radius 2 is 1.92 bits per heavy atom. The fraction of sp³-hybridized carbons (Fsp3) is 0.308. The van der Waals surface area contributed by atoms with Crippen molar-refractivity contribution in [2.45, 2.75) is 31.8 Å². The standard InChI is InChI=1S/C26H28BrN7O2/c1-36-21-6-4-18(5-7-21)15-30-26(35)33-11-8-20(9-12-33)23-13-24(29-16-19-3-2-10-28-14-19)34-25(32-23)22(27)17-31-34/h2-7,10,13-14,17,20,29H,8-9,11-12,15-16H2,1H3,(H,30,35). The molecule has 0 unspecified atom stereocenters. The molecule has 186 valence electrons. The van der Waals surface area contributed by atoms with Gasteiger partial charge in [-0.1, -0.05) is 18.2 Å². The molecule has 0 aliphatic carbocycles. The number of methoxy groups -OCH3 is 1. The monoisotopic (exact) mass is 549 g/mol. The van der Waals surface area contributed by atoms with Crippen LogP contribution in [0.1, 0.15) is 35.6 Å². The molecule has 4 heterocycles. The molecule has 0 spiro atoms. The number of rotatable bonds is 7. The number of nitrogens with zero attached hydrogens (tertiary/aromatic N) is 5. The van der Waals surface area contributed by atoms with Gasteiger partial charge in [0.2, 0.25) is 0 Å². The van der Waals surface area contributed by atoms with Gasteiger partial charge in [-0.25, -0.2) is 9.78 Å². The highest BCUT2D eigenvalue weighted by atomic mass is 79.9. The van der Waals surface area contributed by atoms with Crippen LogP contribution in [-0.4, -0.2) is 50.7 Å². The maximum Gasteiger partial charge on any atom is 0.317 e. The molecule has 0 radical (unpaired) electrons. The summed E-state index contributed by atoms with van der Waals surface area (Å²) in [6, 6.07) is 13.7. The van der Waals surface area contributed by atoms with Crippen molar-refractivity contribution in [3.8, 4) is 5.75 Å². The fourth-order valence-electron chi connectivity index (χ4n) is 4.40. The topological polar surface area (TPSA) is 96.7 Å². The van der Waals surface area contributed by atoms with E-state index in [4.69, 9.17) is 9.72 Å². The van der Waals surface area contributed by atoms with E-state index in [1.165, 1.54) is 0 Å². The number of pyridine rings is 1. The molecule has 2 N–H and O–H groups in total.